The van der Waals surface area contributed by atoms with Crippen LogP contribution >= 0.6 is 0 Å². The van der Waals surface area contributed by atoms with Crippen LogP contribution in [0, 0.1) is 11.8 Å². The first kappa shape index (κ1) is 27.1. The fraction of sp³-hybridized carbons (Fsp3) is 0.552. The molecule has 1 spiro atoms. The highest BCUT2D eigenvalue weighted by molar-refractivity contribution is 5.98. The molecule has 0 aromatic heterocycles. The standard InChI is InChI=1S/C29H38N2O6/c1-5-7-16-36-28(35)23-22-13-14-29(37-22)24(23)26(33)31(21(18-32)17-20-11-9-8-10-12-20)25(29)27(34)30(15-6-2)19(3)4/h5-6,8-12,19,21-25,32H,1-2,7,13-18H2,3-4H3/t21-,22-,23+,24+,25?,29?/m1/s1. The number of rotatable bonds is 12. The van der Waals surface area contributed by atoms with Crippen LogP contribution in [0.1, 0.15) is 38.7 Å². The van der Waals surface area contributed by atoms with Crippen LogP contribution in [0.25, 0.3) is 0 Å². The van der Waals surface area contributed by atoms with E-state index >= 15 is 0 Å². The predicted molar refractivity (Wildman–Crippen MR) is 138 cm³/mol. The average Bonchev–Trinajstić information content (AvgIpc) is 3.53. The number of benzene rings is 1. The summed E-state index contributed by atoms with van der Waals surface area (Å²) in [6, 6.07) is 7.81. The molecule has 0 saturated carbocycles. The van der Waals surface area contributed by atoms with Crippen LogP contribution in [-0.2, 0) is 30.3 Å². The van der Waals surface area contributed by atoms with Gasteiger partial charge in [0.1, 0.15) is 11.6 Å². The zero-order valence-corrected chi connectivity index (χ0v) is 21.8. The molecule has 1 aromatic carbocycles. The normalized spacial score (nSPS) is 28.8. The third kappa shape index (κ3) is 4.73. The number of esters is 1. The van der Waals surface area contributed by atoms with Gasteiger partial charge in [0, 0.05) is 12.6 Å². The number of fused-ring (bicyclic) bond motifs is 1. The van der Waals surface area contributed by atoms with Crippen molar-refractivity contribution in [3.8, 4) is 0 Å². The Hall–Kier alpha value is -2.97. The van der Waals surface area contributed by atoms with E-state index in [9.17, 15) is 19.5 Å². The fourth-order valence-electron chi connectivity index (χ4n) is 6.36. The van der Waals surface area contributed by atoms with Gasteiger partial charge in [0.2, 0.25) is 11.8 Å². The van der Waals surface area contributed by atoms with Crippen molar-refractivity contribution >= 4 is 17.8 Å². The number of carbonyl (C=O) groups excluding carboxylic acids is 3. The number of likely N-dealkylation sites (tertiary alicyclic amines) is 1. The van der Waals surface area contributed by atoms with Crippen molar-refractivity contribution in [2.24, 2.45) is 11.8 Å². The molecular formula is C29H38N2O6. The molecular weight excluding hydrogens is 472 g/mol. The number of carbonyl (C=O) groups is 3. The Balaban J connectivity index is 1.75. The number of aliphatic hydroxyl groups is 1. The summed E-state index contributed by atoms with van der Waals surface area (Å²) in [5.74, 6) is -2.68. The van der Waals surface area contributed by atoms with E-state index in [2.05, 4.69) is 13.2 Å². The van der Waals surface area contributed by atoms with Crippen molar-refractivity contribution < 1.29 is 29.0 Å². The Kier molecular flexibility index (Phi) is 8.19. The summed E-state index contributed by atoms with van der Waals surface area (Å²) >= 11 is 0. The minimum absolute atomic E-state index is 0.141. The lowest BCUT2D eigenvalue weighted by molar-refractivity contribution is -0.156. The molecule has 8 heteroatoms. The van der Waals surface area contributed by atoms with Gasteiger partial charge in [-0.25, -0.2) is 0 Å². The largest absolute Gasteiger partial charge is 0.465 e. The highest BCUT2D eigenvalue weighted by Gasteiger charge is 2.75. The number of aliphatic hydroxyl groups excluding tert-OH is 1. The molecule has 200 valence electrons. The Bertz CT molecular complexity index is 1030. The van der Waals surface area contributed by atoms with Crippen LogP contribution in [0.4, 0.5) is 0 Å². The van der Waals surface area contributed by atoms with Crippen molar-refractivity contribution in [2.45, 2.75) is 69.4 Å². The number of amides is 2. The van der Waals surface area contributed by atoms with Gasteiger partial charge < -0.3 is 24.4 Å². The van der Waals surface area contributed by atoms with Crippen molar-refractivity contribution in [3.05, 3.63) is 61.2 Å². The Labute approximate surface area is 218 Å². The number of nitrogens with zero attached hydrogens (tertiary/aromatic N) is 2. The molecule has 0 aliphatic carbocycles. The van der Waals surface area contributed by atoms with Crippen molar-refractivity contribution in [1.82, 2.24) is 9.80 Å². The molecule has 3 saturated heterocycles. The maximum absolute atomic E-state index is 14.2. The van der Waals surface area contributed by atoms with Gasteiger partial charge in [0.05, 0.1) is 37.2 Å². The maximum atomic E-state index is 14.2. The van der Waals surface area contributed by atoms with Crippen molar-refractivity contribution in [1.29, 1.82) is 0 Å². The van der Waals surface area contributed by atoms with Gasteiger partial charge in [-0.15, -0.1) is 13.2 Å². The molecule has 2 bridgehead atoms. The maximum Gasteiger partial charge on any atom is 0.312 e. The number of hydrogen-bond acceptors (Lipinski definition) is 6. The quantitative estimate of drug-likeness (QED) is 0.264. The summed E-state index contributed by atoms with van der Waals surface area (Å²) in [7, 11) is 0. The summed E-state index contributed by atoms with van der Waals surface area (Å²) in [5, 5.41) is 10.5. The molecule has 8 nitrogen and oxygen atoms in total. The van der Waals surface area contributed by atoms with E-state index in [1.807, 2.05) is 44.2 Å². The lowest BCUT2D eigenvalue weighted by atomic mass is 9.70. The number of ether oxygens (including phenoxy) is 2. The van der Waals surface area contributed by atoms with Crippen LogP contribution in [0.2, 0.25) is 0 Å². The zero-order valence-electron chi connectivity index (χ0n) is 21.8. The van der Waals surface area contributed by atoms with E-state index in [1.54, 1.807) is 17.1 Å². The first-order chi connectivity index (χ1) is 17.8. The van der Waals surface area contributed by atoms with E-state index < -0.39 is 41.6 Å². The van der Waals surface area contributed by atoms with Gasteiger partial charge in [-0.3, -0.25) is 14.4 Å². The Morgan fingerprint density at radius 1 is 1.27 bits per heavy atom. The van der Waals surface area contributed by atoms with E-state index in [0.29, 0.717) is 32.2 Å². The smallest absolute Gasteiger partial charge is 0.312 e. The molecule has 37 heavy (non-hydrogen) atoms. The van der Waals surface area contributed by atoms with Crippen LogP contribution in [0.15, 0.2) is 55.6 Å². The van der Waals surface area contributed by atoms with Crippen LogP contribution in [0.5, 0.6) is 0 Å². The van der Waals surface area contributed by atoms with Gasteiger partial charge in [-0.05, 0) is 45.1 Å². The van der Waals surface area contributed by atoms with Gasteiger partial charge in [-0.2, -0.15) is 0 Å². The SMILES string of the molecule is C=CCCOC(=O)[C@@H]1[C@H]2C(=O)N([C@@H](CO)Cc3ccccc3)C(C(=O)N(CC=C)C(C)C)C23CC[C@H]1O3. The molecule has 0 radical (unpaired) electrons. The molecule has 3 fully saturated rings. The lowest BCUT2D eigenvalue weighted by Gasteiger charge is -2.40. The third-order valence-electron chi connectivity index (χ3n) is 7.96. The summed E-state index contributed by atoms with van der Waals surface area (Å²) in [4.78, 5) is 44.8. The van der Waals surface area contributed by atoms with Crippen LogP contribution in [0.3, 0.4) is 0 Å². The first-order valence-electron chi connectivity index (χ1n) is 13.1. The van der Waals surface area contributed by atoms with E-state index in [-0.39, 0.29) is 31.1 Å². The number of hydrogen-bond donors (Lipinski definition) is 1. The van der Waals surface area contributed by atoms with Crippen molar-refractivity contribution in [3.63, 3.8) is 0 Å². The average molecular weight is 511 g/mol. The zero-order chi connectivity index (χ0) is 26.7. The molecule has 1 N–H and O–H groups in total. The third-order valence-corrected chi connectivity index (χ3v) is 7.96. The molecule has 1 aromatic rings. The highest BCUT2D eigenvalue weighted by atomic mass is 16.6. The summed E-state index contributed by atoms with van der Waals surface area (Å²) in [6.45, 7) is 11.5. The predicted octanol–water partition coefficient (Wildman–Crippen LogP) is 2.51. The Morgan fingerprint density at radius 3 is 2.62 bits per heavy atom. The molecule has 4 rings (SSSR count). The van der Waals surface area contributed by atoms with Gasteiger partial charge >= 0.3 is 5.97 Å². The van der Waals surface area contributed by atoms with E-state index in [1.165, 1.54) is 4.90 Å². The minimum atomic E-state index is -1.14. The van der Waals surface area contributed by atoms with Gasteiger partial charge in [0.25, 0.3) is 0 Å². The molecule has 3 aliphatic heterocycles. The molecule has 2 unspecified atom stereocenters. The highest BCUT2D eigenvalue weighted by Crippen LogP contribution is 2.59. The minimum Gasteiger partial charge on any atom is -0.465 e. The first-order valence-corrected chi connectivity index (χ1v) is 13.1. The topological polar surface area (TPSA) is 96.4 Å². The molecule has 6 atom stereocenters. The van der Waals surface area contributed by atoms with Crippen molar-refractivity contribution in [2.75, 3.05) is 19.8 Å². The van der Waals surface area contributed by atoms with Gasteiger partial charge in [0.15, 0.2) is 0 Å². The second-order valence-electron chi connectivity index (χ2n) is 10.4. The van der Waals surface area contributed by atoms with E-state index in [0.717, 1.165) is 5.56 Å². The fourth-order valence-corrected chi connectivity index (χ4v) is 6.36. The van der Waals surface area contributed by atoms with Crippen LogP contribution in [-0.4, -0.2) is 82.3 Å². The Morgan fingerprint density at radius 2 is 2.00 bits per heavy atom. The van der Waals surface area contributed by atoms with Gasteiger partial charge in [-0.1, -0.05) is 42.5 Å². The van der Waals surface area contributed by atoms with Crippen LogP contribution < -0.4 is 0 Å². The summed E-state index contributed by atoms with van der Waals surface area (Å²) < 4.78 is 12.0. The second-order valence-corrected chi connectivity index (χ2v) is 10.4. The lowest BCUT2D eigenvalue weighted by Crippen LogP contribution is -2.60. The summed E-state index contributed by atoms with van der Waals surface area (Å²) in [5.41, 5.74) is -0.202. The second kappa shape index (κ2) is 11.2. The molecule has 3 aliphatic rings. The monoisotopic (exact) mass is 510 g/mol. The summed E-state index contributed by atoms with van der Waals surface area (Å²) in [6.07, 6.45) is 4.78. The molecule has 2 amide bonds. The van der Waals surface area contributed by atoms with E-state index in [4.69, 9.17) is 9.47 Å². The molecule has 3 heterocycles.